The largest absolute Gasteiger partial charge is 0.477 e. The predicted octanol–water partition coefficient (Wildman–Crippen LogP) is 1.57. The second kappa shape index (κ2) is 6.21. The fourth-order valence-corrected chi connectivity index (χ4v) is 3.82. The number of nitrogens with zero attached hydrogens (tertiary/aromatic N) is 3. The van der Waals surface area contributed by atoms with Gasteiger partial charge in [0.05, 0.1) is 10.8 Å². The zero-order valence-corrected chi connectivity index (χ0v) is 14.6. The molecular formula is C17H18ClFN4O3. The van der Waals surface area contributed by atoms with Crippen molar-refractivity contribution in [3.63, 3.8) is 0 Å². The van der Waals surface area contributed by atoms with Crippen LogP contribution in [0.3, 0.4) is 0 Å². The first-order chi connectivity index (χ1) is 12.4. The minimum absolute atomic E-state index is 0.0185. The number of pyridine rings is 2. The Morgan fingerprint density at radius 1 is 1.42 bits per heavy atom. The maximum atomic E-state index is 14.7. The van der Waals surface area contributed by atoms with E-state index in [4.69, 9.17) is 17.3 Å². The van der Waals surface area contributed by atoms with Gasteiger partial charge in [-0.05, 0) is 25.5 Å². The molecule has 0 unspecified atom stereocenters. The Balaban J connectivity index is 1.89. The number of fused-ring (bicyclic) bond motifs is 1. The molecular weight excluding hydrogens is 363 g/mol. The van der Waals surface area contributed by atoms with Crippen molar-refractivity contribution in [3.8, 4) is 0 Å². The van der Waals surface area contributed by atoms with Gasteiger partial charge in [0.2, 0.25) is 5.43 Å². The maximum Gasteiger partial charge on any atom is 0.341 e. The van der Waals surface area contributed by atoms with Crippen LogP contribution in [-0.2, 0) is 0 Å². The minimum Gasteiger partial charge on any atom is -0.477 e. The highest BCUT2D eigenvalue weighted by atomic mass is 35.5. The van der Waals surface area contributed by atoms with Gasteiger partial charge in [-0.25, -0.2) is 14.2 Å². The molecule has 26 heavy (non-hydrogen) atoms. The van der Waals surface area contributed by atoms with Gasteiger partial charge in [-0.15, -0.1) is 11.6 Å². The maximum absolute atomic E-state index is 14.7. The van der Waals surface area contributed by atoms with Crippen LogP contribution < -0.4 is 16.1 Å². The molecule has 0 amide bonds. The number of nitrogens with two attached hydrogens (primary N) is 1. The Labute approximate surface area is 153 Å². The lowest BCUT2D eigenvalue weighted by Gasteiger charge is -2.19. The Morgan fingerprint density at radius 3 is 2.73 bits per heavy atom. The molecule has 2 aromatic heterocycles. The molecule has 0 bridgehead atoms. The van der Waals surface area contributed by atoms with E-state index in [9.17, 15) is 19.1 Å². The van der Waals surface area contributed by atoms with Gasteiger partial charge < -0.3 is 20.3 Å². The van der Waals surface area contributed by atoms with Crippen molar-refractivity contribution in [2.24, 2.45) is 11.7 Å². The van der Waals surface area contributed by atoms with Gasteiger partial charge in [-0.3, -0.25) is 4.79 Å². The van der Waals surface area contributed by atoms with Gasteiger partial charge in [0, 0.05) is 31.2 Å². The van der Waals surface area contributed by atoms with Crippen molar-refractivity contribution in [2.45, 2.75) is 24.3 Å². The van der Waals surface area contributed by atoms with Crippen LogP contribution in [0.4, 0.5) is 10.2 Å². The lowest BCUT2D eigenvalue weighted by Crippen LogP contribution is -2.26. The molecule has 7 nitrogen and oxygen atoms in total. The van der Waals surface area contributed by atoms with Gasteiger partial charge in [-0.1, -0.05) is 0 Å². The fourth-order valence-electron chi connectivity index (χ4n) is 3.47. The summed E-state index contributed by atoms with van der Waals surface area (Å²) in [6, 6.07) is 1.17. The molecule has 9 heteroatoms. The van der Waals surface area contributed by atoms with Gasteiger partial charge in [0.25, 0.3) is 0 Å². The summed E-state index contributed by atoms with van der Waals surface area (Å²) in [5, 5.41) is 9.06. The number of alkyl halides is 1. The van der Waals surface area contributed by atoms with Crippen LogP contribution in [-0.4, -0.2) is 45.6 Å². The van der Waals surface area contributed by atoms with Crippen LogP contribution in [0.2, 0.25) is 0 Å². The lowest BCUT2D eigenvalue weighted by atomic mass is 10.1. The highest BCUT2D eigenvalue weighted by Gasteiger charge is 2.34. The van der Waals surface area contributed by atoms with Crippen molar-refractivity contribution < 1.29 is 14.3 Å². The summed E-state index contributed by atoms with van der Waals surface area (Å²) in [5.41, 5.74) is 4.92. The minimum atomic E-state index is -1.33. The zero-order valence-electron chi connectivity index (χ0n) is 13.9. The molecule has 1 aliphatic carbocycles. The van der Waals surface area contributed by atoms with Crippen LogP contribution >= 0.6 is 11.6 Å². The molecule has 2 aliphatic rings. The monoisotopic (exact) mass is 380 g/mol. The number of hydrogen-bond donors (Lipinski definition) is 2. The Hall–Kier alpha value is -2.19. The normalized spacial score (nSPS) is 23.0. The Bertz CT molecular complexity index is 959. The van der Waals surface area contributed by atoms with E-state index in [0.29, 0.717) is 25.3 Å². The fraction of sp³-hybridized carbons (Fsp3) is 0.471. The first-order valence-corrected chi connectivity index (χ1v) is 8.92. The molecule has 4 rings (SSSR count). The summed E-state index contributed by atoms with van der Waals surface area (Å²) in [7, 11) is 0. The molecule has 3 N–H and O–H groups in total. The third-order valence-corrected chi connectivity index (χ3v) is 5.57. The number of carboxylic acids is 1. The zero-order chi connectivity index (χ0) is 18.6. The molecule has 0 spiro atoms. The molecule has 2 fully saturated rings. The molecule has 2 aromatic rings. The van der Waals surface area contributed by atoms with Crippen LogP contribution in [0.25, 0.3) is 11.0 Å². The molecule has 138 valence electrons. The Morgan fingerprint density at radius 2 is 2.15 bits per heavy atom. The summed E-state index contributed by atoms with van der Waals surface area (Å²) in [6.07, 6.45) is 3.05. The van der Waals surface area contributed by atoms with Crippen molar-refractivity contribution in [3.05, 3.63) is 33.9 Å². The van der Waals surface area contributed by atoms with Gasteiger partial charge in [0.15, 0.2) is 11.6 Å². The van der Waals surface area contributed by atoms with Crippen LogP contribution in [0, 0.1) is 11.7 Å². The van der Waals surface area contributed by atoms with Crippen molar-refractivity contribution in [2.75, 3.05) is 24.5 Å². The van der Waals surface area contributed by atoms with Crippen LogP contribution in [0.5, 0.6) is 0 Å². The second-order valence-electron chi connectivity index (χ2n) is 6.90. The number of aromatic nitrogens is 2. The quantitative estimate of drug-likeness (QED) is 0.781. The van der Waals surface area contributed by atoms with Crippen LogP contribution in [0.1, 0.15) is 29.2 Å². The number of aromatic carboxylic acids is 1. The van der Waals surface area contributed by atoms with Crippen molar-refractivity contribution >= 4 is 34.4 Å². The van der Waals surface area contributed by atoms with E-state index in [1.807, 2.05) is 0 Å². The van der Waals surface area contributed by atoms with Crippen molar-refractivity contribution in [1.29, 1.82) is 0 Å². The summed E-state index contributed by atoms with van der Waals surface area (Å²) >= 11 is 6.27. The number of anilines is 1. The summed E-state index contributed by atoms with van der Waals surface area (Å²) in [6.45, 7) is 1.30. The molecule has 2 atom stereocenters. The van der Waals surface area contributed by atoms with Gasteiger partial charge >= 0.3 is 5.97 Å². The molecule has 1 saturated carbocycles. The van der Waals surface area contributed by atoms with E-state index in [0.717, 1.165) is 18.9 Å². The predicted molar refractivity (Wildman–Crippen MR) is 95.6 cm³/mol. The SMILES string of the molecule is NC[C@@H]1CN(c2nc3c(cc2F)c(=O)c(C(=O)O)cn3C2CC2)C[C@H]1Cl. The number of rotatable bonds is 4. The molecule has 0 aromatic carbocycles. The van der Waals surface area contributed by atoms with E-state index in [1.165, 1.54) is 6.20 Å². The number of hydrogen-bond acceptors (Lipinski definition) is 5. The van der Waals surface area contributed by atoms with E-state index in [2.05, 4.69) is 4.98 Å². The van der Waals surface area contributed by atoms with Gasteiger partial charge in [0.1, 0.15) is 11.2 Å². The van der Waals surface area contributed by atoms with Crippen molar-refractivity contribution in [1.82, 2.24) is 9.55 Å². The second-order valence-corrected chi connectivity index (χ2v) is 7.46. The topological polar surface area (TPSA) is 101 Å². The van der Waals surface area contributed by atoms with Crippen LogP contribution in [0.15, 0.2) is 17.1 Å². The average molecular weight is 381 g/mol. The molecule has 0 radical (unpaired) electrons. The number of carboxylic acid groups (broad SMARTS) is 1. The summed E-state index contributed by atoms with van der Waals surface area (Å²) in [4.78, 5) is 29.9. The highest BCUT2D eigenvalue weighted by Crippen LogP contribution is 2.37. The van der Waals surface area contributed by atoms with E-state index >= 15 is 0 Å². The van der Waals surface area contributed by atoms with Gasteiger partial charge in [-0.2, -0.15) is 0 Å². The highest BCUT2D eigenvalue weighted by molar-refractivity contribution is 6.21. The first kappa shape index (κ1) is 17.2. The smallest absolute Gasteiger partial charge is 0.341 e. The average Bonchev–Trinajstić information content (AvgIpc) is 3.37. The molecule has 1 saturated heterocycles. The summed E-state index contributed by atoms with van der Waals surface area (Å²) in [5.74, 6) is -1.84. The van der Waals surface area contributed by atoms with E-state index in [1.54, 1.807) is 9.47 Å². The van der Waals surface area contributed by atoms with E-state index in [-0.39, 0.29) is 34.1 Å². The Kier molecular flexibility index (Phi) is 4.11. The summed E-state index contributed by atoms with van der Waals surface area (Å²) < 4.78 is 16.4. The third kappa shape index (κ3) is 2.73. The lowest BCUT2D eigenvalue weighted by molar-refractivity contribution is 0.0695. The molecule has 1 aliphatic heterocycles. The van der Waals surface area contributed by atoms with E-state index < -0.39 is 17.2 Å². The third-order valence-electron chi connectivity index (χ3n) is 5.07. The number of halogens is 2. The standard InChI is InChI=1S/C17H18ClFN4O3/c18-12-7-22(5-8(12)4-20)16-13(19)3-10-14(24)11(17(25)26)6-23(9-1-2-9)15(10)21-16/h3,6,8-9,12H,1-2,4-5,7,20H2,(H,25,26)/t8-,12-/m1/s1. The molecule has 3 heterocycles. The number of carbonyl (C=O) groups is 1. The first-order valence-electron chi connectivity index (χ1n) is 8.48.